The number of aryl methyl sites for hydroxylation is 1. The Morgan fingerprint density at radius 2 is 2.17 bits per heavy atom. The van der Waals surface area contributed by atoms with Crippen LogP contribution in [0.2, 0.25) is 0 Å². The van der Waals surface area contributed by atoms with Gasteiger partial charge < -0.3 is 11.1 Å². The summed E-state index contributed by atoms with van der Waals surface area (Å²) >= 11 is 0. The van der Waals surface area contributed by atoms with E-state index in [1.807, 2.05) is 0 Å². The van der Waals surface area contributed by atoms with Gasteiger partial charge in [-0.25, -0.2) is 4.39 Å². The summed E-state index contributed by atoms with van der Waals surface area (Å²) in [4.78, 5) is 21.7. The quantitative estimate of drug-likeness (QED) is 0.637. The van der Waals surface area contributed by atoms with Gasteiger partial charge in [-0.05, 0) is 19.1 Å². The predicted molar refractivity (Wildman–Crippen MR) is 66.4 cm³/mol. The lowest BCUT2D eigenvalue weighted by molar-refractivity contribution is -0.385. The summed E-state index contributed by atoms with van der Waals surface area (Å²) in [6, 6.07) is 1.86. The number of rotatable bonds is 4. The fourth-order valence-electron chi connectivity index (χ4n) is 1.43. The van der Waals surface area contributed by atoms with Crippen molar-refractivity contribution < 1.29 is 14.1 Å². The van der Waals surface area contributed by atoms with Crippen LogP contribution in [0.3, 0.4) is 0 Å². The fourth-order valence-corrected chi connectivity index (χ4v) is 1.43. The summed E-state index contributed by atoms with van der Waals surface area (Å²) in [7, 11) is 0. The van der Waals surface area contributed by atoms with Gasteiger partial charge in [0, 0.05) is 18.7 Å². The van der Waals surface area contributed by atoms with Gasteiger partial charge in [0.25, 0.3) is 11.6 Å². The topological polar surface area (TPSA) is 98.3 Å². The molecule has 0 saturated carbocycles. The number of benzene rings is 1. The first-order chi connectivity index (χ1) is 7.97. The molecular formula is C10H13ClFN3O3. The van der Waals surface area contributed by atoms with Gasteiger partial charge in [-0.1, -0.05) is 0 Å². The molecule has 0 spiro atoms. The number of nitrogens with zero attached hydrogens (tertiary/aromatic N) is 1. The van der Waals surface area contributed by atoms with Crippen molar-refractivity contribution >= 4 is 24.0 Å². The third kappa shape index (κ3) is 3.64. The molecule has 0 unspecified atom stereocenters. The maximum Gasteiger partial charge on any atom is 0.285 e. The summed E-state index contributed by atoms with van der Waals surface area (Å²) in [5.74, 6) is -1.39. The first-order valence-electron chi connectivity index (χ1n) is 4.90. The van der Waals surface area contributed by atoms with Crippen LogP contribution in [-0.4, -0.2) is 23.9 Å². The number of nitrogens with two attached hydrogens (primary N) is 1. The van der Waals surface area contributed by atoms with Crippen molar-refractivity contribution in [2.24, 2.45) is 5.73 Å². The van der Waals surface area contributed by atoms with Gasteiger partial charge in [-0.3, -0.25) is 14.9 Å². The SMILES string of the molecule is Cc1cc(F)cc(C(=O)NCCN)c1[N+](=O)[O-].Cl. The van der Waals surface area contributed by atoms with Crippen molar-refractivity contribution in [2.75, 3.05) is 13.1 Å². The summed E-state index contributed by atoms with van der Waals surface area (Å²) in [5.41, 5.74) is 4.62. The maximum atomic E-state index is 13.1. The summed E-state index contributed by atoms with van der Waals surface area (Å²) < 4.78 is 13.1. The Balaban J connectivity index is 0.00000289. The standard InChI is InChI=1S/C10H12FN3O3.ClH/c1-6-4-7(11)5-8(9(6)14(16)17)10(15)13-3-2-12;/h4-5H,2-3,12H2,1H3,(H,13,15);1H. The number of carbonyl (C=O) groups is 1. The van der Waals surface area contributed by atoms with E-state index in [1.54, 1.807) is 0 Å². The minimum absolute atomic E-state index is 0. The fraction of sp³-hybridized carbons (Fsp3) is 0.300. The number of nitro benzene ring substituents is 1. The Labute approximate surface area is 109 Å². The molecule has 8 heteroatoms. The molecule has 1 rings (SSSR count). The van der Waals surface area contributed by atoms with Crippen LogP contribution in [0.5, 0.6) is 0 Å². The average Bonchev–Trinajstić information content (AvgIpc) is 2.23. The van der Waals surface area contributed by atoms with Crippen LogP contribution in [0.4, 0.5) is 10.1 Å². The molecule has 0 aliphatic rings. The maximum absolute atomic E-state index is 13.1. The highest BCUT2D eigenvalue weighted by Gasteiger charge is 2.23. The molecule has 1 aromatic rings. The zero-order valence-corrected chi connectivity index (χ0v) is 10.4. The van der Waals surface area contributed by atoms with Gasteiger partial charge in [0.1, 0.15) is 11.4 Å². The molecule has 1 amide bonds. The molecule has 0 fully saturated rings. The third-order valence-corrected chi connectivity index (χ3v) is 2.12. The number of amides is 1. The molecule has 3 N–H and O–H groups in total. The second kappa shape index (κ2) is 6.87. The minimum Gasteiger partial charge on any atom is -0.351 e. The molecule has 1 aromatic carbocycles. The highest BCUT2D eigenvalue weighted by atomic mass is 35.5. The van der Waals surface area contributed by atoms with E-state index >= 15 is 0 Å². The van der Waals surface area contributed by atoms with Crippen molar-refractivity contribution in [1.29, 1.82) is 0 Å². The van der Waals surface area contributed by atoms with Gasteiger partial charge in [-0.15, -0.1) is 12.4 Å². The van der Waals surface area contributed by atoms with E-state index in [2.05, 4.69) is 5.32 Å². The van der Waals surface area contributed by atoms with Gasteiger partial charge in [0.15, 0.2) is 0 Å². The Morgan fingerprint density at radius 3 is 2.67 bits per heavy atom. The molecule has 0 atom stereocenters. The van der Waals surface area contributed by atoms with Crippen molar-refractivity contribution in [1.82, 2.24) is 5.32 Å². The van der Waals surface area contributed by atoms with Crippen LogP contribution in [-0.2, 0) is 0 Å². The van der Waals surface area contributed by atoms with Crippen LogP contribution < -0.4 is 11.1 Å². The Hall–Kier alpha value is -1.73. The van der Waals surface area contributed by atoms with E-state index in [-0.39, 0.29) is 42.3 Å². The van der Waals surface area contributed by atoms with E-state index < -0.39 is 16.6 Å². The molecule has 0 aromatic heterocycles. The zero-order chi connectivity index (χ0) is 13.0. The molecule has 0 heterocycles. The molecule has 18 heavy (non-hydrogen) atoms. The average molecular weight is 278 g/mol. The molecule has 100 valence electrons. The minimum atomic E-state index is -0.704. The van der Waals surface area contributed by atoms with Gasteiger partial charge in [0.05, 0.1) is 4.92 Å². The van der Waals surface area contributed by atoms with E-state index in [4.69, 9.17) is 5.73 Å². The Kier molecular flexibility index (Phi) is 6.21. The van der Waals surface area contributed by atoms with Crippen molar-refractivity contribution in [3.05, 3.63) is 39.2 Å². The van der Waals surface area contributed by atoms with Gasteiger partial charge in [-0.2, -0.15) is 0 Å². The molecule has 0 saturated heterocycles. The van der Waals surface area contributed by atoms with Crippen LogP contribution >= 0.6 is 12.4 Å². The summed E-state index contributed by atoms with van der Waals surface area (Å²) in [6.45, 7) is 1.75. The van der Waals surface area contributed by atoms with Crippen LogP contribution in [0.1, 0.15) is 15.9 Å². The second-order valence-electron chi connectivity index (χ2n) is 3.42. The Bertz CT molecular complexity index is 468. The number of halogens is 2. The molecule has 6 nitrogen and oxygen atoms in total. The lowest BCUT2D eigenvalue weighted by atomic mass is 10.1. The molecule has 0 bridgehead atoms. The number of nitro groups is 1. The van der Waals surface area contributed by atoms with Crippen molar-refractivity contribution in [3.8, 4) is 0 Å². The Morgan fingerprint density at radius 1 is 1.56 bits per heavy atom. The largest absolute Gasteiger partial charge is 0.351 e. The predicted octanol–water partition coefficient (Wildman–Crippen LogP) is 1.15. The number of nitrogens with one attached hydrogen (secondary N) is 1. The van der Waals surface area contributed by atoms with E-state index in [1.165, 1.54) is 6.92 Å². The van der Waals surface area contributed by atoms with E-state index in [0.717, 1.165) is 12.1 Å². The van der Waals surface area contributed by atoms with Crippen LogP contribution in [0.25, 0.3) is 0 Å². The van der Waals surface area contributed by atoms with Crippen LogP contribution in [0, 0.1) is 22.9 Å². The van der Waals surface area contributed by atoms with E-state index in [0.29, 0.717) is 0 Å². The molecule has 0 aliphatic carbocycles. The summed E-state index contributed by atoms with van der Waals surface area (Å²) in [6.07, 6.45) is 0. The smallest absolute Gasteiger partial charge is 0.285 e. The lowest BCUT2D eigenvalue weighted by Gasteiger charge is -2.06. The number of hydrogen-bond donors (Lipinski definition) is 2. The van der Waals surface area contributed by atoms with Gasteiger partial charge in [0.2, 0.25) is 0 Å². The van der Waals surface area contributed by atoms with Crippen LogP contribution in [0.15, 0.2) is 12.1 Å². The lowest BCUT2D eigenvalue weighted by Crippen LogP contribution is -2.29. The third-order valence-electron chi connectivity index (χ3n) is 2.12. The highest BCUT2D eigenvalue weighted by Crippen LogP contribution is 2.24. The molecule has 0 radical (unpaired) electrons. The number of hydrogen-bond acceptors (Lipinski definition) is 4. The first kappa shape index (κ1) is 16.3. The number of carbonyl (C=O) groups excluding carboxylic acids is 1. The highest BCUT2D eigenvalue weighted by molar-refractivity contribution is 5.98. The molecule has 0 aliphatic heterocycles. The zero-order valence-electron chi connectivity index (χ0n) is 9.60. The summed E-state index contributed by atoms with van der Waals surface area (Å²) in [5, 5.41) is 13.2. The van der Waals surface area contributed by atoms with Crippen molar-refractivity contribution in [3.63, 3.8) is 0 Å². The van der Waals surface area contributed by atoms with E-state index in [9.17, 15) is 19.3 Å². The normalized spacial score (nSPS) is 9.50. The first-order valence-corrected chi connectivity index (χ1v) is 4.90. The van der Waals surface area contributed by atoms with Crippen molar-refractivity contribution in [2.45, 2.75) is 6.92 Å². The molecular weight excluding hydrogens is 265 g/mol. The second-order valence-corrected chi connectivity index (χ2v) is 3.42. The van der Waals surface area contributed by atoms with Gasteiger partial charge >= 0.3 is 0 Å². The monoisotopic (exact) mass is 277 g/mol.